The van der Waals surface area contributed by atoms with Crippen molar-refractivity contribution in [2.24, 2.45) is 0 Å². The van der Waals surface area contributed by atoms with Crippen LogP contribution in [0.15, 0.2) is 12.7 Å². The van der Waals surface area contributed by atoms with Crippen LogP contribution in [0.3, 0.4) is 0 Å². The Hall–Kier alpha value is -1.47. The molecule has 0 aromatic carbocycles. The second kappa shape index (κ2) is 5.45. The Balaban J connectivity index is 2.61. The molecule has 1 aromatic rings. The summed E-state index contributed by atoms with van der Waals surface area (Å²) < 4.78 is 6.95. The molecule has 1 unspecified atom stereocenters. The summed E-state index contributed by atoms with van der Waals surface area (Å²) in [5.41, 5.74) is -1.47. The van der Waals surface area contributed by atoms with E-state index in [1.807, 2.05) is 20.8 Å². The van der Waals surface area contributed by atoms with Crippen molar-refractivity contribution >= 4 is 5.97 Å². The van der Waals surface area contributed by atoms with E-state index in [0.717, 1.165) is 0 Å². The minimum Gasteiger partial charge on any atom is -0.480 e. The zero-order valence-corrected chi connectivity index (χ0v) is 11.2. The SMILES string of the molecule is CC(C)(C)OCNC(C)(Cn1cncn1)C(=O)O. The van der Waals surface area contributed by atoms with Crippen LogP contribution in [-0.4, -0.2) is 43.7 Å². The smallest absolute Gasteiger partial charge is 0.325 e. The maximum atomic E-state index is 11.3. The fourth-order valence-corrected chi connectivity index (χ4v) is 1.25. The second-order valence-electron chi connectivity index (χ2n) is 5.31. The van der Waals surface area contributed by atoms with Crippen LogP contribution in [0.4, 0.5) is 0 Å². The van der Waals surface area contributed by atoms with Crippen LogP contribution in [0.25, 0.3) is 0 Å². The molecule has 1 aromatic heterocycles. The summed E-state index contributed by atoms with van der Waals surface area (Å²) in [6, 6.07) is 0. The zero-order valence-electron chi connectivity index (χ0n) is 11.2. The molecule has 18 heavy (non-hydrogen) atoms. The van der Waals surface area contributed by atoms with Crippen molar-refractivity contribution in [3.05, 3.63) is 12.7 Å². The predicted molar refractivity (Wildman–Crippen MR) is 64.9 cm³/mol. The van der Waals surface area contributed by atoms with Crippen molar-refractivity contribution in [3.63, 3.8) is 0 Å². The monoisotopic (exact) mass is 256 g/mol. The number of rotatable bonds is 6. The zero-order chi connectivity index (χ0) is 13.8. The minimum atomic E-state index is -1.15. The lowest BCUT2D eigenvalue weighted by molar-refractivity contribution is -0.146. The summed E-state index contributed by atoms with van der Waals surface area (Å²) in [7, 11) is 0. The van der Waals surface area contributed by atoms with Gasteiger partial charge < -0.3 is 9.84 Å². The van der Waals surface area contributed by atoms with Crippen LogP contribution in [-0.2, 0) is 16.1 Å². The van der Waals surface area contributed by atoms with Gasteiger partial charge in [-0.3, -0.25) is 14.8 Å². The molecule has 0 aliphatic rings. The number of ether oxygens (including phenoxy) is 1. The highest BCUT2D eigenvalue weighted by atomic mass is 16.5. The molecule has 0 fully saturated rings. The number of nitrogens with one attached hydrogen (secondary N) is 1. The topological polar surface area (TPSA) is 89.3 Å². The van der Waals surface area contributed by atoms with Crippen molar-refractivity contribution in [2.75, 3.05) is 6.73 Å². The van der Waals surface area contributed by atoms with Crippen molar-refractivity contribution < 1.29 is 14.6 Å². The van der Waals surface area contributed by atoms with Gasteiger partial charge in [-0.25, -0.2) is 4.98 Å². The molecule has 7 heteroatoms. The number of carboxylic acid groups (broad SMARTS) is 1. The molecule has 0 amide bonds. The molecule has 1 atom stereocenters. The Kier molecular flexibility index (Phi) is 4.42. The Labute approximate surface area is 106 Å². The molecule has 1 heterocycles. The molecule has 0 aliphatic carbocycles. The van der Waals surface area contributed by atoms with Gasteiger partial charge in [0, 0.05) is 0 Å². The average Bonchev–Trinajstić information content (AvgIpc) is 2.67. The first kappa shape index (κ1) is 14.6. The van der Waals surface area contributed by atoms with E-state index in [4.69, 9.17) is 4.74 Å². The molecule has 0 radical (unpaired) electrons. The van der Waals surface area contributed by atoms with E-state index in [-0.39, 0.29) is 18.9 Å². The quantitative estimate of drug-likeness (QED) is 0.720. The van der Waals surface area contributed by atoms with Crippen LogP contribution < -0.4 is 5.32 Å². The lowest BCUT2D eigenvalue weighted by Crippen LogP contribution is -2.54. The number of aromatic nitrogens is 3. The molecule has 0 aliphatic heterocycles. The predicted octanol–water partition coefficient (Wildman–Crippen LogP) is 0.484. The molecule has 0 saturated heterocycles. The number of carboxylic acids is 1. The van der Waals surface area contributed by atoms with Gasteiger partial charge in [-0.1, -0.05) is 0 Å². The first-order chi connectivity index (χ1) is 8.23. The highest BCUT2D eigenvalue weighted by molar-refractivity contribution is 5.78. The first-order valence-corrected chi connectivity index (χ1v) is 5.68. The molecule has 0 bridgehead atoms. The Morgan fingerprint density at radius 3 is 2.56 bits per heavy atom. The van der Waals surface area contributed by atoms with Gasteiger partial charge in [0.2, 0.25) is 0 Å². The normalized spacial score (nSPS) is 15.3. The van der Waals surface area contributed by atoms with Crippen LogP contribution in [0.1, 0.15) is 27.7 Å². The van der Waals surface area contributed by atoms with Crippen molar-refractivity contribution in [1.29, 1.82) is 0 Å². The molecular formula is C11H20N4O3. The number of aliphatic carboxylic acids is 1. The summed E-state index contributed by atoms with van der Waals surface area (Å²) in [5.74, 6) is -0.962. The van der Waals surface area contributed by atoms with Gasteiger partial charge in [0.05, 0.1) is 18.9 Å². The molecule has 7 nitrogen and oxygen atoms in total. The van der Waals surface area contributed by atoms with Crippen LogP contribution in [0, 0.1) is 0 Å². The number of hydrogen-bond acceptors (Lipinski definition) is 5. The highest BCUT2D eigenvalue weighted by Gasteiger charge is 2.34. The fourth-order valence-electron chi connectivity index (χ4n) is 1.25. The van der Waals surface area contributed by atoms with E-state index in [9.17, 15) is 9.90 Å². The molecule has 102 valence electrons. The lowest BCUT2D eigenvalue weighted by atomic mass is 10.0. The van der Waals surface area contributed by atoms with E-state index in [0.29, 0.717) is 0 Å². The number of hydrogen-bond donors (Lipinski definition) is 2. The van der Waals surface area contributed by atoms with E-state index < -0.39 is 11.5 Å². The van der Waals surface area contributed by atoms with Crippen molar-refractivity contribution in [2.45, 2.75) is 45.4 Å². The van der Waals surface area contributed by atoms with Crippen LogP contribution in [0.2, 0.25) is 0 Å². The van der Waals surface area contributed by atoms with E-state index in [2.05, 4.69) is 15.4 Å². The van der Waals surface area contributed by atoms with Gasteiger partial charge in [-0.2, -0.15) is 5.10 Å². The molecule has 1 rings (SSSR count). The van der Waals surface area contributed by atoms with Crippen molar-refractivity contribution in [1.82, 2.24) is 20.1 Å². The summed E-state index contributed by atoms with van der Waals surface area (Å²) in [5, 5.41) is 16.1. The van der Waals surface area contributed by atoms with Crippen molar-refractivity contribution in [3.8, 4) is 0 Å². The standard InChI is InChI=1S/C11H20N4O3/c1-10(2,3)18-8-13-11(4,9(16)17)5-15-7-12-6-14-15/h6-7,13H,5,8H2,1-4H3,(H,16,17). The van der Waals surface area contributed by atoms with Gasteiger partial charge in [-0.05, 0) is 27.7 Å². The molecular weight excluding hydrogens is 236 g/mol. The minimum absolute atomic E-state index is 0.154. The Morgan fingerprint density at radius 1 is 1.44 bits per heavy atom. The third-order valence-corrected chi connectivity index (χ3v) is 2.38. The summed E-state index contributed by atoms with van der Waals surface area (Å²) in [6.45, 7) is 7.64. The summed E-state index contributed by atoms with van der Waals surface area (Å²) in [4.78, 5) is 15.1. The van der Waals surface area contributed by atoms with Gasteiger partial charge in [0.15, 0.2) is 0 Å². The first-order valence-electron chi connectivity index (χ1n) is 5.68. The van der Waals surface area contributed by atoms with E-state index in [1.54, 1.807) is 6.92 Å². The summed E-state index contributed by atoms with van der Waals surface area (Å²) >= 11 is 0. The maximum Gasteiger partial charge on any atom is 0.325 e. The van der Waals surface area contributed by atoms with Gasteiger partial charge in [0.1, 0.15) is 18.2 Å². The highest BCUT2D eigenvalue weighted by Crippen LogP contribution is 2.10. The Bertz CT molecular complexity index is 385. The largest absolute Gasteiger partial charge is 0.480 e. The molecule has 0 saturated carbocycles. The third-order valence-electron chi connectivity index (χ3n) is 2.38. The van der Waals surface area contributed by atoms with E-state index in [1.165, 1.54) is 17.3 Å². The number of carbonyl (C=O) groups is 1. The molecule has 2 N–H and O–H groups in total. The summed E-state index contributed by atoms with van der Waals surface area (Å²) in [6.07, 6.45) is 2.85. The third kappa shape index (κ3) is 4.42. The Morgan fingerprint density at radius 2 is 2.11 bits per heavy atom. The lowest BCUT2D eigenvalue weighted by Gasteiger charge is -2.28. The van der Waals surface area contributed by atoms with Crippen LogP contribution in [0.5, 0.6) is 0 Å². The van der Waals surface area contributed by atoms with Gasteiger partial charge in [0.25, 0.3) is 0 Å². The maximum absolute atomic E-state index is 11.3. The van der Waals surface area contributed by atoms with Crippen LogP contribution >= 0.6 is 0 Å². The second-order valence-corrected chi connectivity index (χ2v) is 5.31. The molecule has 0 spiro atoms. The van der Waals surface area contributed by atoms with Gasteiger partial charge in [-0.15, -0.1) is 0 Å². The average molecular weight is 256 g/mol. The van der Waals surface area contributed by atoms with E-state index >= 15 is 0 Å². The number of nitrogens with zero attached hydrogens (tertiary/aromatic N) is 3. The fraction of sp³-hybridized carbons (Fsp3) is 0.727. The van der Waals surface area contributed by atoms with Gasteiger partial charge >= 0.3 is 5.97 Å².